The molecule has 1 aromatic heterocycles. The monoisotopic (exact) mass is 325 g/mol. The molecule has 0 saturated carbocycles. The number of anilines is 1. The summed E-state index contributed by atoms with van der Waals surface area (Å²) in [5, 5.41) is 0.548. The van der Waals surface area contributed by atoms with Gasteiger partial charge in [-0.3, -0.25) is 0 Å². The average Bonchev–Trinajstić information content (AvgIpc) is 2.45. The SMILES string of the molecule is CN(CC(C)(C)C)C(=O)N1CCN(c2ncncc2Cl)CC1. The van der Waals surface area contributed by atoms with Gasteiger partial charge in [-0.15, -0.1) is 0 Å². The number of rotatable bonds is 2. The van der Waals surface area contributed by atoms with Crippen molar-refractivity contribution in [2.75, 3.05) is 44.7 Å². The molecule has 2 amide bonds. The lowest BCUT2D eigenvalue weighted by atomic mass is 9.96. The fourth-order valence-electron chi connectivity index (χ4n) is 2.67. The lowest BCUT2D eigenvalue weighted by Crippen LogP contribution is -2.53. The molecule has 1 aromatic rings. The van der Waals surface area contributed by atoms with Crippen molar-refractivity contribution in [2.24, 2.45) is 5.41 Å². The Morgan fingerprint density at radius 3 is 2.50 bits per heavy atom. The van der Waals surface area contributed by atoms with E-state index >= 15 is 0 Å². The highest BCUT2D eigenvalue weighted by Gasteiger charge is 2.26. The third-order valence-electron chi connectivity index (χ3n) is 3.54. The predicted octanol–water partition coefficient (Wildman–Crippen LogP) is 2.35. The van der Waals surface area contributed by atoms with Crippen LogP contribution < -0.4 is 4.90 Å². The zero-order valence-electron chi connectivity index (χ0n) is 13.7. The highest BCUT2D eigenvalue weighted by molar-refractivity contribution is 6.32. The van der Waals surface area contributed by atoms with Gasteiger partial charge in [0.2, 0.25) is 0 Å². The lowest BCUT2D eigenvalue weighted by Gasteiger charge is -2.38. The molecule has 0 radical (unpaired) electrons. The number of hydrogen-bond donors (Lipinski definition) is 0. The van der Waals surface area contributed by atoms with Gasteiger partial charge in [-0.25, -0.2) is 14.8 Å². The molecule has 122 valence electrons. The second kappa shape index (κ2) is 6.69. The van der Waals surface area contributed by atoms with E-state index in [0.717, 1.165) is 25.5 Å². The summed E-state index contributed by atoms with van der Waals surface area (Å²) >= 11 is 6.12. The number of carbonyl (C=O) groups is 1. The molecule has 6 nitrogen and oxygen atoms in total. The first-order valence-electron chi connectivity index (χ1n) is 7.48. The third-order valence-corrected chi connectivity index (χ3v) is 3.80. The molecular weight excluding hydrogens is 302 g/mol. The first kappa shape index (κ1) is 16.8. The Hall–Kier alpha value is -1.56. The third kappa shape index (κ3) is 4.22. The van der Waals surface area contributed by atoms with E-state index in [1.807, 2.05) is 11.9 Å². The summed E-state index contributed by atoms with van der Waals surface area (Å²) < 4.78 is 0. The van der Waals surface area contributed by atoms with E-state index in [1.165, 1.54) is 6.33 Å². The number of halogens is 1. The second-order valence-corrected chi connectivity index (χ2v) is 7.27. The van der Waals surface area contributed by atoms with Crippen LogP contribution in [0.1, 0.15) is 20.8 Å². The summed E-state index contributed by atoms with van der Waals surface area (Å²) in [6, 6.07) is 0.0864. The van der Waals surface area contributed by atoms with Crippen LogP contribution in [0.2, 0.25) is 5.02 Å². The summed E-state index contributed by atoms with van der Waals surface area (Å²) in [5.74, 6) is 0.742. The fraction of sp³-hybridized carbons (Fsp3) is 0.667. The number of urea groups is 1. The summed E-state index contributed by atoms with van der Waals surface area (Å²) in [6.45, 7) is 9.94. The zero-order chi connectivity index (χ0) is 16.3. The average molecular weight is 326 g/mol. The van der Waals surface area contributed by atoms with Crippen LogP contribution in [0.5, 0.6) is 0 Å². The molecular formula is C15H24ClN5O. The Labute approximate surface area is 137 Å². The normalized spacial score (nSPS) is 15.9. The van der Waals surface area contributed by atoms with Crippen molar-refractivity contribution in [1.29, 1.82) is 0 Å². The van der Waals surface area contributed by atoms with Crippen molar-refractivity contribution >= 4 is 23.4 Å². The van der Waals surface area contributed by atoms with E-state index in [4.69, 9.17) is 11.6 Å². The van der Waals surface area contributed by atoms with Gasteiger partial charge in [-0.05, 0) is 5.41 Å². The van der Waals surface area contributed by atoms with Crippen LogP contribution in [0, 0.1) is 5.41 Å². The molecule has 1 saturated heterocycles. The van der Waals surface area contributed by atoms with Crippen molar-refractivity contribution in [3.8, 4) is 0 Å². The molecule has 2 heterocycles. The first-order chi connectivity index (χ1) is 10.3. The van der Waals surface area contributed by atoms with Crippen molar-refractivity contribution in [3.05, 3.63) is 17.5 Å². The molecule has 1 aliphatic rings. The number of piperazine rings is 1. The number of aromatic nitrogens is 2. The van der Waals surface area contributed by atoms with Crippen molar-refractivity contribution in [1.82, 2.24) is 19.8 Å². The Balaban J connectivity index is 1.92. The Kier molecular flexibility index (Phi) is 5.11. The number of carbonyl (C=O) groups excluding carboxylic acids is 1. The van der Waals surface area contributed by atoms with E-state index < -0.39 is 0 Å². The number of hydrogen-bond acceptors (Lipinski definition) is 4. The standard InChI is InChI=1S/C15H24ClN5O/c1-15(2,3)10-19(4)14(22)21-7-5-20(6-8-21)13-12(16)9-17-11-18-13/h9,11H,5-8,10H2,1-4H3. The van der Waals surface area contributed by atoms with Gasteiger partial charge in [0, 0.05) is 39.8 Å². The first-order valence-corrected chi connectivity index (χ1v) is 7.86. The molecule has 0 spiro atoms. The van der Waals surface area contributed by atoms with Gasteiger partial charge in [-0.1, -0.05) is 32.4 Å². The topological polar surface area (TPSA) is 52.6 Å². The molecule has 1 aliphatic heterocycles. The molecule has 0 atom stereocenters. The quantitative estimate of drug-likeness (QED) is 0.837. The smallest absolute Gasteiger partial charge is 0.319 e. The van der Waals surface area contributed by atoms with Gasteiger partial charge in [0.1, 0.15) is 11.3 Å². The van der Waals surface area contributed by atoms with Crippen molar-refractivity contribution < 1.29 is 4.79 Å². The minimum Gasteiger partial charge on any atom is -0.352 e. The van der Waals surface area contributed by atoms with E-state index in [2.05, 4.69) is 35.6 Å². The molecule has 7 heteroatoms. The van der Waals surface area contributed by atoms with E-state index in [1.54, 1.807) is 11.1 Å². The number of nitrogens with zero attached hydrogens (tertiary/aromatic N) is 5. The van der Waals surface area contributed by atoms with Gasteiger partial charge in [-0.2, -0.15) is 0 Å². The second-order valence-electron chi connectivity index (χ2n) is 6.87. The molecule has 2 rings (SSSR count). The van der Waals surface area contributed by atoms with E-state index in [9.17, 15) is 4.79 Å². The van der Waals surface area contributed by atoms with Crippen molar-refractivity contribution in [3.63, 3.8) is 0 Å². The van der Waals surface area contributed by atoms with Crippen LogP contribution in [-0.2, 0) is 0 Å². The van der Waals surface area contributed by atoms with E-state index in [-0.39, 0.29) is 11.4 Å². The van der Waals surface area contributed by atoms with E-state index in [0.29, 0.717) is 18.1 Å². The maximum absolute atomic E-state index is 12.5. The maximum atomic E-state index is 12.5. The van der Waals surface area contributed by atoms with Crippen LogP contribution >= 0.6 is 11.6 Å². The van der Waals surface area contributed by atoms with Gasteiger partial charge in [0.25, 0.3) is 0 Å². The predicted molar refractivity (Wildman–Crippen MR) is 88.3 cm³/mol. The minimum absolute atomic E-state index is 0.0864. The van der Waals surface area contributed by atoms with Crippen LogP contribution in [-0.4, -0.2) is 65.6 Å². The summed E-state index contributed by atoms with van der Waals surface area (Å²) in [6.07, 6.45) is 3.09. The molecule has 0 N–H and O–H groups in total. The van der Waals surface area contributed by atoms with Crippen LogP contribution in [0.15, 0.2) is 12.5 Å². The van der Waals surface area contributed by atoms with Gasteiger partial charge >= 0.3 is 6.03 Å². The van der Waals surface area contributed by atoms with Crippen LogP contribution in [0.4, 0.5) is 10.6 Å². The lowest BCUT2D eigenvalue weighted by molar-refractivity contribution is 0.144. The fourth-order valence-corrected chi connectivity index (χ4v) is 2.89. The van der Waals surface area contributed by atoms with Gasteiger partial charge in [0.05, 0.1) is 6.20 Å². The zero-order valence-corrected chi connectivity index (χ0v) is 14.5. The highest BCUT2D eigenvalue weighted by atomic mass is 35.5. The highest BCUT2D eigenvalue weighted by Crippen LogP contribution is 2.23. The molecule has 22 heavy (non-hydrogen) atoms. The van der Waals surface area contributed by atoms with Crippen molar-refractivity contribution in [2.45, 2.75) is 20.8 Å². The molecule has 0 aliphatic carbocycles. The minimum atomic E-state index is 0.0864. The summed E-state index contributed by atoms with van der Waals surface area (Å²) in [4.78, 5) is 26.4. The molecule has 0 unspecified atom stereocenters. The number of amides is 2. The summed E-state index contributed by atoms with van der Waals surface area (Å²) in [5.41, 5.74) is 0.0979. The van der Waals surface area contributed by atoms with Crippen LogP contribution in [0.3, 0.4) is 0 Å². The van der Waals surface area contributed by atoms with Gasteiger partial charge < -0.3 is 14.7 Å². The van der Waals surface area contributed by atoms with Gasteiger partial charge in [0.15, 0.2) is 5.82 Å². The molecule has 1 fully saturated rings. The maximum Gasteiger partial charge on any atom is 0.319 e. The Morgan fingerprint density at radius 2 is 1.95 bits per heavy atom. The Bertz CT molecular complexity index is 523. The van der Waals surface area contributed by atoms with Crippen LogP contribution in [0.25, 0.3) is 0 Å². The molecule has 0 aromatic carbocycles. The Morgan fingerprint density at radius 1 is 1.32 bits per heavy atom. The summed E-state index contributed by atoms with van der Waals surface area (Å²) in [7, 11) is 1.86. The largest absolute Gasteiger partial charge is 0.352 e. The molecule has 0 bridgehead atoms.